The number of carbonyl (C=O) groups excluding carboxylic acids is 2. The van der Waals surface area contributed by atoms with Crippen LogP contribution in [-0.4, -0.2) is 99.9 Å². The van der Waals surface area contributed by atoms with Gasteiger partial charge in [-0.1, -0.05) is 19.1 Å². The quantitative estimate of drug-likeness (QED) is 0.139. The first-order valence-corrected chi connectivity index (χ1v) is 13.0. The van der Waals surface area contributed by atoms with Crippen LogP contribution >= 0.6 is 0 Å². The minimum absolute atomic E-state index is 0.257. The molecule has 12 nitrogen and oxygen atoms in total. The molecule has 0 aromatic rings. The van der Waals surface area contributed by atoms with Crippen molar-refractivity contribution in [1.82, 2.24) is 0 Å². The van der Waals surface area contributed by atoms with Crippen LogP contribution in [0.4, 0.5) is 0 Å². The van der Waals surface area contributed by atoms with Crippen LogP contribution in [0.1, 0.15) is 40.0 Å². The molecule has 2 fully saturated rings. The number of allylic oxidation sites excluding steroid dienone is 1. The van der Waals surface area contributed by atoms with Crippen molar-refractivity contribution in [1.29, 1.82) is 0 Å². The Kier molecular flexibility index (Phi) is 10.3. The number of hydrogen-bond donors (Lipinski definition) is 5. The number of fused-ring (bicyclic) bond motifs is 1. The van der Waals surface area contributed by atoms with Crippen molar-refractivity contribution in [2.75, 3.05) is 13.7 Å². The minimum atomic E-state index is -1.68. The first kappa shape index (κ1) is 31.2. The van der Waals surface area contributed by atoms with E-state index in [9.17, 15) is 35.1 Å². The zero-order valence-corrected chi connectivity index (χ0v) is 22.6. The van der Waals surface area contributed by atoms with Gasteiger partial charge < -0.3 is 49.2 Å². The van der Waals surface area contributed by atoms with Gasteiger partial charge in [-0.2, -0.15) is 0 Å². The van der Waals surface area contributed by atoms with E-state index in [0.29, 0.717) is 12.8 Å². The summed E-state index contributed by atoms with van der Waals surface area (Å²) in [6.45, 7) is 8.03. The maximum absolute atomic E-state index is 12.4. The molecule has 3 rings (SSSR count). The number of aliphatic hydroxyl groups excluding tert-OH is 4. The number of aliphatic hydroxyl groups is 5. The van der Waals surface area contributed by atoms with Crippen LogP contribution < -0.4 is 0 Å². The average molecular weight is 557 g/mol. The molecule has 1 saturated carbocycles. The Morgan fingerprint density at radius 1 is 1.18 bits per heavy atom. The van der Waals surface area contributed by atoms with Crippen molar-refractivity contribution in [2.24, 2.45) is 17.8 Å². The van der Waals surface area contributed by atoms with Crippen LogP contribution in [0.25, 0.3) is 0 Å². The van der Waals surface area contributed by atoms with E-state index in [1.165, 1.54) is 26.4 Å². The van der Waals surface area contributed by atoms with Crippen molar-refractivity contribution in [3.05, 3.63) is 36.1 Å². The molecule has 0 radical (unpaired) electrons. The molecule has 12 heteroatoms. The lowest BCUT2D eigenvalue weighted by Gasteiger charge is -2.43. The fourth-order valence-electron chi connectivity index (χ4n) is 5.12. The first-order valence-electron chi connectivity index (χ1n) is 13.0. The highest BCUT2D eigenvalue weighted by molar-refractivity contribution is 5.89. The van der Waals surface area contributed by atoms with Gasteiger partial charge in [0.2, 0.25) is 6.29 Å². The SMILES string of the molecule is C=C[C@@](C)(O)CC/C=C(\C)C(=O)OC[C@H]1O[C@@H](O[C@@H]2OC=C(C(=O)OC)[C@H]3C[C@H](O)[C@H](C)[C@@H]23)[C@H](O)[C@@H](O)[C@@H]1O. The molecule has 3 aliphatic rings. The molecule has 0 aromatic carbocycles. The van der Waals surface area contributed by atoms with E-state index >= 15 is 0 Å². The summed E-state index contributed by atoms with van der Waals surface area (Å²) in [7, 11) is 1.24. The number of rotatable bonds is 10. The Labute approximate surface area is 227 Å². The lowest BCUT2D eigenvalue weighted by atomic mass is 9.83. The third-order valence-corrected chi connectivity index (χ3v) is 7.82. The Balaban J connectivity index is 1.65. The van der Waals surface area contributed by atoms with Gasteiger partial charge in [-0.15, -0.1) is 6.58 Å². The van der Waals surface area contributed by atoms with Crippen LogP contribution in [-0.2, 0) is 33.3 Å². The Hall–Kier alpha value is -2.32. The number of esters is 2. The molecule has 5 N–H and O–H groups in total. The van der Waals surface area contributed by atoms with Gasteiger partial charge >= 0.3 is 11.9 Å². The van der Waals surface area contributed by atoms with Gasteiger partial charge in [0.1, 0.15) is 31.0 Å². The van der Waals surface area contributed by atoms with Gasteiger partial charge in [0, 0.05) is 17.4 Å². The lowest BCUT2D eigenvalue weighted by molar-refractivity contribution is -0.342. The fraction of sp³-hybridized carbons (Fsp3) is 0.704. The molecule has 11 atom stereocenters. The summed E-state index contributed by atoms with van der Waals surface area (Å²) in [5, 5.41) is 51.9. The van der Waals surface area contributed by atoms with Crippen LogP contribution in [0.3, 0.4) is 0 Å². The van der Waals surface area contributed by atoms with Crippen LogP contribution in [0.5, 0.6) is 0 Å². The van der Waals surface area contributed by atoms with Crippen molar-refractivity contribution in [3.63, 3.8) is 0 Å². The van der Waals surface area contributed by atoms with E-state index in [1.54, 1.807) is 19.9 Å². The van der Waals surface area contributed by atoms with E-state index in [-0.39, 0.29) is 23.5 Å². The van der Waals surface area contributed by atoms with E-state index in [1.807, 2.05) is 0 Å². The zero-order valence-electron chi connectivity index (χ0n) is 22.6. The van der Waals surface area contributed by atoms with Gasteiger partial charge in [0.05, 0.1) is 30.6 Å². The van der Waals surface area contributed by atoms with Gasteiger partial charge in [-0.25, -0.2) is 9.59 Å². The summed E-state index contributed by atoms with van der Waals surface area (Å²) in [5.41, 5.74) is -0.537. The Bertz CT molecular complexity index is 958. The fourth-order valence-corrected chi connectivity index (χ4v) is 5.12. The molecule has 0 unspecified atom stereocenters. The van der Waals surface area contributed by atoms with E-state index in [2.05, 4.69) is 6.58 Å². The average Bonchev–Trinajstić information content (AvgIpc) is 3.21. The second kappa shape index (κ2) is 12.9. The highest BCUT2D eigenvalue weighted by Gasteiger charge is 2.53. The maximum Gasteiger partial charge on any atom is 0.337 e. The third kappa shape index (κ3) is 7.07. The van der Waals surface area contributed by atoms with Crippen LogP contribution in [0.15, 0.2) is 36.1 Å². The van der Waals surface area contributed by atoms with Crippen LogP contribution in [0, 0.1) is 17.8 Å². The molecule has 1 saturated heterocycles. The van der Waals surface area contributed by atoms with E-state index in [4.69, 9.17) is 23.7 Å². The van der Waals surface area contributed by atoms with E-state index in [0.717, 1.165) is 0 Å². The summed E-state index contributed by atoms with van der Waals surface area (Å²) in [4.78, 5) is 24.6. The molecular formula is C27H40O12. The summed E-state index contributed by atoms with van der Waals surface area (Å²) < 4.78 is 27.3. The number of hydrogen-bond acceptors (Lipinski definition) is 12. The predicted octanol–water partition coefficient (Wildman–Crippen LogP) is 0.0636. The standard InChI is InChI=1S/C27H40O12/c1-6-27(4,34)9-7-8-13(2)23(32)36-12-18-20(29)21(30)22(31)26(38-18)39-25-19-14(3)17(28)10-15(19)16(11-37-25)24(33)35-5/h6,8,11,14-15,17-22,25-26,28-31,34H,1,7,9-10,12H2,2-5H3/b13-8+/t14-,15+,17-,18+,19+,20+,21-,22+,25-,26-,27+/m0/s1. The highest BCUT2D eigenvalue weighted by atomic mass is 16.8. The molecule has 0 amide bonds. The molecule has 39 heavy (non-hydrogen) atoms. The van der Waals surface area contributed by atoms with Gasteiger partial charge in [0.15, 0.2) is 6.29 Å². The summed E-state index contributed by atoms with van der Waals surface area (Å²) >= 11 is 0. The smallest absolute Gasteiger partial charge is 0.337 e. The zero-order chi connectivity index (χ0) is 29.1. The van der Waals surface area contributed by atoms with Gasteiger partial charge in [-0.05, 0) is 39.0 Å². The first-order chi connectivity index (χ1) is 18.3. The predicted molar refractivity (Wildman–Crippen MR) is 134 cm³/mol. The number of carbonyl (C=O) groups is 2. The van der Waals surface area contributed by atoms with Gasteiger partial charge in [0.25, 0.3) is 0 Å². The molecule has 2 heterocycles. The topological polar surface area (TPSA) is 181 Å². The summed E-state index contributed by atoms with van der Waals surface area (Å²) in [6, 6.07) is 0. The summed E-state index contributed by atoms with van der Waals surface area (Å²) in [5.74, 6) is -2.54. The van der Waals surface area contributed by atoms with Crippen molar-refractivity contribution >= 4 is 11.9 Å². The van der Waals surface area contributed by atoms with Crippen molar-refractivity contribution < 1.29 is 58.8 Å². The molecule has 1 aliphatic carbocycles. The normalized spacial score (nSPS) is 38.1. The van der Waals surface area contributed by atoms with Gasteiger partial charge in [-0.3, -0.25) is 0 Å². The lowest BCUT2D eigenvalue weighted by Crippen LogP contribution is -2.60. The van der Waals surface area contributed by atoms with E-state index < -0.39 is 79.1 Å². The number of methoxy groups -OCH3 is 1. The van der Waals surface area contributed by atoms with Crippen molar-refractivity contribution in [2.45, 2.75) is 88.7 Å². The second-order valence-electron chi connectivity index (χ2n) is 10.7. The summed E-state index contributed by atoms with van der Waals surface area (Å²) in [6.07, 6.45) is -4.20. The molecular weight excluding hydrogens is 516 g/mol. The second-order valence-corrected chi connectivity index (χ2v) is 10.7. The molecule has 220 valence electrons. The molecule has 0 bridgehead atoms. The third-order valence-electron chi connectivity index (χ3n) is 7.82. The Morgan fingerprint density at radius 2 is 1.87 bits per heavy atom. The number of ether oxygens (including phenoxy) is 5. The maximum atomic E-state index is 12.4. The molecule has 0 spiro atoms. The molecule has 0 aromatic heterocycles. The molecule has 2 aliphatic heterocycles. The highest BCUT2D eigenvalue weighted by Crippen LogP contribution is 2.47. The van der Waals surface area contributed by atoms with Crippen molar-refractivity contribution in [3.8, 4) is 0 Å². The monoisotopic (exact) mass is 556 g/mol. The van der Waals surface area contributed by atoms with Crippen LogP contribution in [0.2, 0.25) is 0 Å². The Morgan fingerprint density at radius 3 is 2.51 bits per heavy atom. The minimum Gasteiger partial charge on any atom is -0.472 e. The largest absolute Gasteiger partial charge is 0.472 e.